The van der Waals surface area contributed by atoms with Gasteiger partial charge in [0.05, 0.1) is 12.7 Å². The molecule has 4 nitrogen and oxygen atoms in total. The third-order valence-corrected chi connectivity index (χ3v) is 2.01. The Morgan fingerprint density at radius 3 is 3.00 bits per heavy atom. The van der Waals surface area contributed by atoms with E-state index in [9.17, 15) is 9.90 Å². The van der Waals surface area contributed by atoms with E-state index in [2.05, 4.69) is 5.32 Å². The molecule has 0 bridgehead atoms. The fourth-order valence-electron chi connectivity index (χ4n) is 1.17. The second-order valence-corrected chi connectivity index (χ2v) is 2.85. The van der Waals surface area contributed by atoms with Gasteiger partial charge in [-0.1, -0.05) is 0 Å². The first-order chi connectivity index (χ1) is 5.24. The lowest BCUT2D eigenvalue weighted by Gasteiger charge is -2.16. The quantitative estimate of drug-likeness (QED) is 0.453. The van der Waals surface area contributed by atoms with Gasteiger partial charge in [-0.3, -0.25) is 4.79 Å². The van der Waals surface area contributed by atoms with E-state index in [0.717, 1.165) is 0 Å². The van der Waals surface area contributed by atoms with Gasteiger partial charge in [-0.25, -0.2) is 0 Å². The normalized spacial score (nSPS) is 32.7. The van der Waals surface area contributed by atoms with Crippen LogP contribution in [-0.2, 0) is 4.79 Å². The van der Waals surface area contributed by atoms with Crippen LogP contribution in [0.4, 0.5) is 0 Å². The van der Waals surface area contributed by atoms with Crippen LogP contribution in [-0.4, -0.2) is 35.4 Å². The second-order valence-electron chi connectivity index (χ2n) is 2.85. The highest BCUT2D eigenvalue weighted by molar-refractivity contribution is 5.76. The number of aliphatic hydroxyl groups excluding tert-OH is 2. The van der Waals surface area contributed by atoms with Crippen molar-refractivity contribution < 1.29 is 15.0 Å². The molecule has 0 aromatic rings. The molecule has 1 saturated heterocycles. The molecule has 2 atom stereocenters. The fourth-order valence-corrected chi connectivity index (χ4v) is 1.17. The summed E-state index contributed by atoms with van der Waals surface area (Å²) in [5.74, 6) is -0.235. The van der Waals surface area contributed by atoms with Crippen LogP contribution in [0.5, 0.6) is 0 Å². The minimum absolute atomic E-state index is 0.0417. The highest BCUT2D eigenvalue weighted by atomic mass is 16.3. The molecule has 0 aliphatic carbocycles. The van der Waals surface area contributed by atoms with Crippen LogP contribution in [0.2, 0.25) is 0 Å². The van der Waals surface area contributed by atoms with Crippen molar-refractivity contribution in [3.63, 3.8) is 0 Å². The first-order valence-electron chi connectivity index (χ1n) is 3.79. The largest absolute Gasteiger partial charge is 0.396 e. The first kappa shape index (κ1) is 8.49. The predicted molar refractivity (Wildman–Crippen MR) is 38.8 cm³/mol. The van der Waals surface area contributed by atoms with Gasteiger partial charge >= 0.3 is 0 Å². The Labute approximate surface area is 65.2 Å². The van der Waals surface area contributed by atoms with Gasteiger partial charge in [-0.15, -0.1) is 0 Å². The summed E-state index contributed by atoms with van der Waals surface area (Å²) in [5.41, 5.74) is 0. The molecule has 11 heavy (non-hydrogen) atoms. The van der Waals surface area contributed by atoms with Crippen molar-refractivity contribution in [3.8, 4) is 0 Å². The first-order valence-corrected chi connectivity index (χ1v) is 3.79. The summed E-state index contributed by atoms with van der Waals surface area (Å²) in [6.45, 7) is 0.317. The molecule has 64 valence electrons. The topological polar surface area (TPSA) is 69.6 Å². The third-order valence-electron chi connectivity index (χ3n) is 2.01. The maximum atomic E-state index is 10.8. The molecule has 1 fully saturated rings. The number of hydrogen-bond acceptors (Lipinski definition) is 3. The molecule has 1 aliphatic heterocycles. The molecular weight excluding hydrogens is 146 g/mol. The molecule has 1 rings (SSSR count). The van der Waals surface area contributed by atoms with Crippen molar-refractivity contribution in [2.24, 2.45) is 5.92 Å². The summed E-state index contributed by atoms with van der Waals surface area (Å²) in [6.07, 6.45) is 0.272. The Bertz CT molecular complexity index is 149. The number of rotatable bonds is 1. The molecule has 0 aromatic heterocycles. The van der Waals surface area contributed by atoms with Crippen LogP contribution < -0.4 is 5.32 Å². The Kier molecular flexibility index (Phi) is 2.84. The number of nitrogens with one attached hydrogen (secondary N) is 1. The van der Waals surface area contributed by atoms with Gasteiger partial charge < -0.3 is 15.5 Å². The van der Waals surface area contributed by atoms with Crippen molar-refractivity contribution in [1.29, 1.82) is 0 Å². The number of amides is 1. The standard InChI is InChI=1S/C7H13NO3/c9-4-5-3-8-7(11)2-1-6(5)10/h5-6,9-10H,1-4H2,(H,8,11). The van der Waals surface area contributed by atoms with E-state index in [1.54, 1.807) is 0 Å². The van der Waals surface area contributed by atoms with E-state index in [0.29, 0.717) is 19.4 Å². The fraction of sp³-hybridized carbons (Fsp3) is 0.857. The van der Waals surface area contributed by atoms with Crippen molar-refractivity contribution in [3.05, 3.63) is 0 Å². The number of carbonyl (C=O) groups excluding carboxylic acids is 1. The molecule has 1 heterocycles. The summed E-state index contributed by atoms with van der Waals surface area (Å²) in [5, 5.41) is 20.7. The van der Waals surface area contributed by atoms with Crippen molar-refractivity contribution in [1.82, 2.24) is 5.32 Å². The monoisotopic (exact) mass is 159 g/mol. The van der Waals surface area contributed by atoms with Gasteiger partial charge in [0.1, 0.15) is 0 Å². The van der Waals surface area contributed by atoms with Crippen molar-refractivity contribution in [2.75, 3.05) is 13.2 Å². The summed E-state index contributed by atoms with van der Waals surface area (Å²) >= 11 is 0. The van der Waals surface area contributed by atoms with Gasteiger partial charge in [0.2, 0.25) is 5.91 Å². The van der Waals surface area contributed by atoms with E-state index >= 15 is 0 Å². The zero-order chi connectivity index (χ0) is 8.27. The lowest BCUT2D eigenvalue weighted by Crippen LogP contribution is -2.32. The maximum Gasteiger partial charge on any atom is 0.220 e. The minimum Gasteiger partial charge on any atom is -0.396 e. The van der Waals surface area contributed by atoms with E-state index in [4.69, 9.17) is 5.11 Å². The van der Waals surface area contributed by atoms with Gasteiger partial charge in [0.15, 0.2) is 0 Å². The Morgan fingerprint density at radius 2 is 2.36 bits per heavy atom. The zero-order valence-electron chi connectivity index (χ0n) is 6.29. The SMILES string of the molecule is O=C1CCC(O)C(CO)CN1. The number of carbonyl (C=O) groups is 1. The van der Waals surface area contributed by atoms with Gasteiger partial charge in [0.25, 0.3) is 0 Å². The molecule has 0 saturated carbocycles. The van der Waals surface area contributed by atoms with Crippen LogP contribution in [0.15, 0.2) is 0 Å². The van der Waals surface area contributed by atoms with E-state index in [1.165, 1.54) is 0 Å². The average molecular weight is 159 g/mol. The summed E-state index contributed by atoms with van der Waals surface area (Å²) in [6, 6.07) is 0. The lowest BCUT2D eigenvalue weighted by molar-refractivity contribution is -0.120. The van der Waals surface area contributed by atoms with Crippen molar-refractivity contribution in [2.45, 2.75) is 18.9 Å². The molecule has 3 N–H and O–H groups in total. The van der Waals surface area contributed by atoms with Crippen LogP contribution in [0.3, 0.4) is 0 Å². The summed E-state index contributed by atoms with van der Waals surface area (Å²) in [4.78, 5) is 10.8. The van der Waals surface area contributed by atoms with Crippen LogP contribution in [0.25, 0.3) is 0 Å². The number of hydrogen-bond donors (Lipinski definition) is 3. The van der Waals surface area contributed by atoms with Gasteiger partial charge in [-0.05, 0) is 6.42 Å². The zero-order valence-corrected chi connectivity index (χ0v) is 6.29. The van der Waals surface area contributed by atoms with Crippen LogP contribution in [0.1, 0.15) is 12.8 Å². The Hall–Kier alpha value is -0.610. The minimum atomic E-state index is -0.543. The highest BCUT2D eigenvalue weighted by Gasteiger charge is 2.23. The molecule has 0 spiro atoms. The number of aliphatic hydroxyl groups is 2. The molecule has 0 aromatic carbocycles. The van der Waals surface area contributed by atoms with Crippen molar-refractivity contribution >= 4 is 5.91 Å². The molecular formula is C7H13NO3. The lowest BCUT2D eigenvalue weighted by atomic mass is 10.0. The predicted octanol–water partition coefficient (Wildman–Crippen LogP) is -1.13. The molecule has 0 radical (unpaired) electrons. The molecule has 1 aliphatic rings. The van der Waals surface area contributed by atoms with Gasteiger partial charge in [-0.2, -0.15) is 0 Å². The molecule has 4 heteroatoms. The summed E-state index contributed by atoms with van der Waals surface area (Å²) < 4.78 is 0. The highest BCUT2D eigenvalue weighted by Crippen LogP contribution is 2.11. The Balaban J connectivity index is 2.48. The maximum absolute atomic E-state index is 10.8. The molecule has 1 amide bonds. The van der Waals surface area contributed by atoms with Gasteiger partial charge in [0, 0.05) is 18.9 Å². The van der Waals surface area contributed by atoms with E-state index in [1.807, 2.05) is 0 Å². The smallest absolute Gasteiger partial charge is 0.220 e. The average Bonchev–Trinajstić information content (AvgIpc) is 2.15. The van der Waals surface area contributed by atoms with Crippen LogP contribution >= 0.6 is 0 Å². The van der Waals surface area contributed by atoms with E-state index < -0.39 is 6.10 Å². The molecule has 2 unspecified atom stereocenters. The summed E-state index contributed by atoms with van der Waals surface area (Å²) in [7, 11) is 0. The Morgan fingerprint density at radius 1 is 1.64 bits per heavy atom. The second kappa shape index (κ2) is 3.69. The van der Waals surface area contributed by atoms with E-state index in [-0.39, 0.29) is 18.4 Å². The third kappa shape index (κ3) is 2.17. The van der Waals surface area contributed by atoms with Crippen LogP contribution in [0, 0.1) is 5.92 Å².